The molecule has 3 heteroatoms. The summed E-state index contributed by atoms with van der Waals surface area (Å²) in [6.45, 7) is 4.09. The lowest BCUT2D eigenvalue weighted by molar-refractivity contribution is 1.24. The molecule has 2 aromatic carbocycles. The Morgan fingerprint density at radius 3 is 2.53 bits per heavy atom. The molecule has 3 rings (SSSR count). The molecule has 0 amide bonds. The molecule has 1 heterocycles. The number of anilines is 1. The lowest BCUT2D eigenvalue weighted by Crippen LogP contribution is -2.11. The molecule has 2 aromatic rings. The molecule has 0 radical (unpaired) electrons. The quantitative estimate of drug-likeness (QED) is 0.890. The summed E-state index contributed by atoms with van der Waals surface area (Å²) in [5.74, 6) is 0. The van der Waals surface area contributed by atoms with Crippen molar-refractivity contribution < 1.29 is 0 Å². The SMILES string of the molecule is C=C1Sc2ccccc2N1/C=C(\N)c1ccccc1. The predicted molar refractivity (Wildman–Crippen MR) is 82.5 cm³/mol. The summed E-state index contributed by atoms with van der Waals surface area (Å²) >= 11 is 1.67. The average Bonchev–Trinajstić information content (AvgIpc) is 2.76. The summed E-state index contributed by atoms with van der Waals surface area (Å²) in [5, 5.41) is 0.972. The van der Waals surface area contributed by atoms with Crippen LogP contribution in [0.15, 0.2) is 77.3 Å². The fourth-order valence-corrected chi connectivity index (χ4v) is 2.96. The van der Waals surface area contributed by atoms with Crippen molar-refractivity contribution in [2.24, 2.45) is 5.73 Å². The minimum atomic E-state index is 0.735. The Morgan fingerprint density at radius 1 is 1.05 bits per heavy atom. The average molecular weight is 266 g/mol. The van der Waals surface area contributed by atoms with Gasteiger partial charge in [0, 0.05) is 11.1 Å². The van der Waals surface area contributed by atoms with Gasteiger partial charge < -0.3 is 10.6 Å². The van der Waals surface area contributed by atoms with Gasteiger partial charge in [0.15, 0.2) is 0 Å². The van der Waals surface area contributed by atoms with Crippen LogP contribution >= 0.6 is 11.8 Å². The number of hydrogen-bond donors (Lipinski definition) is 1. The molecule has 0 spiro atoms. The summed E-state index contributed by atoms with van der Waals surface area (Å²) in [7, 11) is 0. The molecule has 0 saturated carbocycles. The Kier molecular flexibility index (Phi) is 3.05. The number of hydrogen-bond acceptors (Lipinski definition) is 3. The van der Waals surface area contributed by atoms with Crippen molar-refractivity contribution in [3.05, 3.63) is 78.0 Å². The summed E-state index contributed by atoms with van der Waals surface area (Å²) < 4.78 is 0. The van der Waals surface area contributed by atoms with Crippen LogP contribution in [0, 0.1) is 0 Å². The number of rotatable bonds is 2. The van der Waals surface area contributed by atoms with Crippen LogP contribution in [-0.2, 0) is 0 Å². The highest BCUT2D eigenvalue weighted by atomic mass is 32.2. The molecule has 2 N–H and O–H groups in total. The van der Waals surface area contributed by atoms with Crippen molar-refractivity contribution in [1.29, 1.82) is 0 Å². The lowest BCUT2D eigenvalue weighted by Gasteiger charge is -2.15. The van der Waals surface area contributed by atoms with Gasteiger partial charge in [-0.25, -0.2) is 0 Å². The topological polar surface area (TPSA) is 29.3 Å². The lowest BCUT2D eigenvalue weighted by atomic mass is 10.2. The zero-order valence-electron chi connectivity index (χ0n) is 10.4. The molecule has 0 aromatic heterocycles. The van der Waals surface area contributed by atoms with Crippen LogP contribution < -0.4 is 10.6 Å². The van der Waals surface area contributed by atoms with Crippen molar-refractivity contribution in [2.75, 3.05) is 4.90 Å². The van der Waals surface area contributed by atoms with E-state index in [0.717, 1.165) is 22.0 Å². The summed E-state index contributed by atoms with van der Waals surface area (Å²) in [5.41, 5.74) is 9.05. The molecular weight excluding hydrogens is 252 g/mol. The fourth-order valence-electron chi connectivity index (χ4n) is 2.04. The van der Waals surface area contributed by atoms with Crippen LogP contribution in [0.2, 0.25) is 0 Å². The van der Waals surface area contributed by atoms with Crippen molar-refractivity contribution in [2.45, 2.75) is 4.90 Å². The first-order valence-electron chi connectivity index (χ1n) is 6.03. The van der Waals surface area contributed by atoms with Gasteiger partial charge in [-0.2, -0.15) is 0 Å². The van der Waals surface area contributed by atoms with Crippen molar-refractivity contribution in [3.63, 3.8) is 0 Å². The standard InChI is InChI=1S/C16H14N2S/c1-12-18(15-9-5-6-10-16(15)19-12)11-14(17)13-7-3-2-4-8-13/h2-11H,1,17H2/b14-11-. The second-order valence-corrected chi connectivity index (χ2v) is 5.40. The number of benzene rings is 2. The molecule has 1 aliphatic rings. The van der Waals surface area contributed by atoms with Gasteiger partial charge in [0.25, 0.3) is 0 Å². The van der Waals surface area contributed by atoms with E-state index in [1.165, 1.54) is 4.90 Å². The van der Waals surface area contributed by atoms with Crippen LogP contribution in [0.3, 0.4) is 0 Å². The van der Waals surface area contributed by atoms with E-state index >= 15 is 0 Å². The van der Waals surface area contributed by atoms with E-state index in [1.54, 1.807) is 11.8 Å². The molecular formula is C16H14N2S. The van der Waals surface area contributed by atoms with Crippen LogP contribution in [0.4, 0.5) is 5.69 Å². The largest absolute Gasteiger partial charge is 0.397 e. The summed E-state index contributed by atoms with van der Waals surface area (Å²) in [6.07, 6.45) is 1.94. The first kappa shape index (κ1) is 11.9. The second kappa shape index (κ2) is 4.86. The highest BCUT2D eigenvalue weighted by Gasteiger charge is 2.21. The summed E-state index contributed by atoms with van der Waals surface area (Å²) in [6, 6.07) is 18.2. The highest BCUT2D eigenvalue weighted by Crippen LogP contribution is 2.45. The number of nitrogens with zero attached hydrogens (tertiary/aromatic N) is 1. The van der Waals surface area contributed by atoms with Gasteiger partial charge >= 0.3 is 0 Å². The van der Waals surface area contributed by atoms with Gasteiger partial charge in [0.05, 0.1) is 16.4 Å². The zero-order chi connectivity index (χ0) is 13.2. The monoisotopic (exact) mass is 266 g/mol. The van der Waals surface area contributed by atoms with E-state index < -0.39 is 0 Å². The minimum absolute atomic E-state index is 0.735. The van der Waals surface area contributed by atoms with Gasteiger partial charge in [-0.05, 0) is 17.7 Å². The Bertz CT molecular complexity index is 647. The maximum atomic E-state index is 6.16. The van der Waals surface area contributed by atoms with Crippen molar-refractivity contribution in [1.82, 2.24) is 0 Å². The van der Waals surface area contributed by atoms with Crippen LogP contribution in [0.5, 0.6) is 0 Å². The maximum absolute atomic E-state index is 6.16. The van der Waals surface area contributed by atoms with Gasteiger partial charge in [0.2, 0.25) is 0 Å². The number of thioether (sulfide) groups is 1. The Balaban J connectivity index is 1.98. The van der Waals surface area contributed by atoms with E-state index in [2.05, 4.69) is 18.7 Å². The first-order valence-corrected chi connectivity index (χ1v) is 6.85. The van der Waals surface area contributed by atoms with Gasteiger partial charge in [-0.3, -0.25) is 0 Å². The molecule has 0 atom stereocenters. The number of nitrogens with two attached hydrogens (primary N) is 1. The molecule has 0 fully saturated rings. The van der Waals surface area contributed by atoms with Crippen LogP contribution in [-0.4, -0.2) is 0 Å². The van der Waals surface area contributed by atoms with E-state index in [9.17, 15) is 0 Å². The Morgan fingerprint density at radius 2 is 1.74 bits per heavy atom. The van der Waals surface area contributed by atoms with E-state index in [-0.39, 0.29) is 0 Å². The highest BCUT2D eigenvalue weighted by molar-refractivity contribution is 8.03. The van der Waals surface area contributed by atoms with E-state index in [4.69, 9.17) is 5.73 Å². The molecule has 0 bridgehead atoms. The predicted octanol–water partition coefficient (Wildman–Crippen LogP) is 4.03. The molecule has 0 saturated heterocycles. The third-order valence-corrected chi connectivity index (χ3v) is 3.99. The van der Waals surface area contributed by atoms with Crippen LogP contribution in [0.25, 0.3) is 5.70 Å². The van der Waals surface area contributed by atoms with E-state index in [1.807, 2.05) is 53.6 Å². The molecule has 94 valence electrons. The van der Waals surface area contributed by atoms with Gasteiger partial charge in [-0.15, -0.1) is 0 Å². The first-order chi connectivity index (χ1) is 9.25. The zero-order valence-corrected chi connectivity index (χ0v) is 11.2. The molecule has 1 aliphatic heterocycles. The van der Waals surface area contributed by atoms with E-state index in [0.29, 0.717) is 0 Å². The van der Waals surface area contributed by atoms with Gasteiger partial charge in [-0.1, -0.05) is 60.8 Å². The molecule has 19 heavy (non-hydrogen) atoms. The molecule has 0 unspecified atom stereocenters. The fraction of sp³-hybridized carbons (Fsp3) is 0. The van der Waals surface area contributed by atoms with Gasteiger partial charge in [0.1, 0.15) is 0 Å². The molecule has 2 nitrogen and oxygen atoms in total. The second-order valence-electron chi connectivity index (χ2n) is 4.28. The number of para-hydroxylation sites is 1. The minimum Gasteiger partial charge on any atom is -0.397 e. The smallest absolute Gasteiger partial charge is 0.0770 e. The third-order valence-electron chi connectivity index (χ3n) is 3.00. The van der Waals surface area contributed by atoms with Crippen molar-refractivity contribution in [3.8, 4) is 0 Å². The number of fused-ring (bicyclic) bond motifs is 1. The Hall–Kier alpha value is -2.13. The third kappa shape index (κ3) is 2.25. The van der Waals surface area contributed by atoms with Crippen molar-refractivity contribution >= 4 is 23.1 Å². The summed E-state index contributed by atoms with van der Waals surface area (Å²) in [4.78, 5) is 3.26. The molecule has 0 aliphatic carbocycles. The normalized spacial score (nSPS) is 14.6. The Labute approximate surface area is 117 Å². The van der Waals surface area contributed by atoms with Crippen LogP contribution in [0.1, 0.15) is 5.56 Å². The maximum Gasteiger partial charge on any atom is 0.0770 e.